The highest BCUT2D eigenvalue weighted by Gasteiger charge is 2.20. The smallest absolute Gasteiger partial charge is 0.125 e. The Labute approximate surface area is 233 Å². The molecule has 0 amide bonds. The van der Waals surface area contributed by atoms with E-state index in [1.165, 1.54) is 83.0 Å². The summed E-state index contributed by atoms with van der Waals surface area (Å²) in [5.74, 6) is 3.43. The average molecular weight is 511 g/mol. The van der Waals surface area contributed by atoms with Crippen molar-refractivity contribution in [2.75, 3.05) is 6.61 Å². The van der Waals surface area contributed by atoms with Crippen molar-refractivity contribution < 1.29 is 4.74 Å². The van der Waals surface area contributed by atoms with Crippen LogP contribution in [-0.2, 0) is 19.3 Å². The molecular formula is C37H50O. The van der Waals surface area contributed by atoms with Crippen LogP contribution in [0.2, 0.25) is 0 Å². The van der Waals surface area contributed by atoms with E-state index in [2.05, 4.69) is 96.1 Å². The second-order valence-corrected chi connectivity index (χ2v) is 11.6. The van der Waals surface area contributed by atoms with Crippen LogP contribution in [-0.4, -0.2) is 6.61 Å². The molecule has 1 heteroatoms. The van der Waals surface area contributed by atoms with Crippen LogP contribution in [0.3, 0.4) is 0 Å². The lowest BCUT2D eigenvalue weighted by Crippen LogP contribution is -2.13. The predicted octanol–water partition coefficient (Wildman–Crippen LogP) is 10.8. The van der Waals surface area contributed by atoms with E-state index in [-0.39, 0.29) is 0 Å². The summed E-state index contributed by atoms with van der Waals surface area (Å²) in [5, 5.41) is 0. The van der Waals surface area contributed by atoms with Crippen molar-refractivity contribution in [3.63, 3.8) is 0 Å². The second kappa shape index (κ2) is 13.5. The molecule has 0 saturated heterocycles. The first-order valence-corrected chi connectivity index (χ1v) is 15.5. The molecule has 0 unspecified atom stereocenters. The summed E-state index contributed by atoms with van der Waals surface area (Å²) < 4.78 is 6.56. The highest BCUT2D eigenvalue weighted by Crippen LogP contribution is 2.39. The van der Waals surface area contributed by atoms with E-state index in [4.69, 9.17) is 4.74 Å². The van der Waals surface area contributed by atoms with Gasteiger partial charge in [0.25, 0.3) is 0 Å². The van der Waals surface area contributed by atoms with Gasteiger partial charge in [0.15, 0.2) is 0 Å². The molecule has 3 aromatic carbocycles. The molecule has 204 valence electrons. The van der Waals surface area contributed by atoms with E-state index in [9.17, 15) is 0 Å². The van der Waals surface area contributed by atoms with E-state index in [0.717, 1.165) is 43.5 Å². The van der Waals surface area contributed by atoms with Crippen LogP contribution in [0.5, 0.6) is 5.75 Å². The molecule has 0 radical (unpaired) electrons. The maximum Gasteiger partial charge on any atom is 0.125 e. The molecule has 0 spiro atoms. The fourth-order valence-electron chi connectivity index (χ4n) is 6.41. The monoisotopic (exact) mass is 510 g/mol. The molecule has 0 N–H and O–H groups in total. The van der Waals surface area contributed by atoms with Gasteiger partial charge in [-0.15, -0.1) is 0 Å². The molecule has 0 atom stereocenters. The Morgan fingerprint density at radius 2 is 1.24 bits per heavy atom. The molecule has 0 aromatic heterocycles. The molecule has 0 aliphatic heterocycles. The number of rotatable bonds is 11. The van der Waals surface area contributed by atoms with Crippen molar-refractivity contribution in [3.05, 3.63) is 76.9 Å². The number of benzene rings is 3. The van der Waals surface area contributed by atoms with E-state index in [1.54, 1.807) is 0 Å². The lowest BCUT2D eigenvalue weighted by molar-refractivity contribution is 0.236. The van der Waals surface area contributed by atoms with Gasteiger partial charge in [-0.3, -0.25) is 0 Å². The molecule has 1 nitrogen and oxygen atoms in total. The first kappa shape index (κ1) is 28.5. The lowest BCUT2D eigenvalue weighted by Gasteiger charge is -2.26. The van der Waals surface area contributed by atoms with Gasteiger partial charge in [-0.1, -0.05) is 116 Å². The highest BCUT2D eigenvalue weighted by molar-refractivity contribution is 5.75. The topological polar surface area (TPSA) is 9.23 Å². The molecule has 1 aliphatic carbocycles. The zero-order valence-electron chi connectivity index (χ0n) is 24.9. The maximum absolute atomic E-state index is 6.56. The van der Waals surface area contributed by atoms with Crippen LogP contribution in [0.15, 0.2) is 54.6 Å². The molecule has 1 saturated carbocycles. The summed E-state index contributed by atoms with van der Waals surface area (Å²) in [5.41, 5.74) is 11.0. The fraction of sp³-hybridized carbons (Fsp3) is 0.514. The van der Waals surface area contributed by atoms with Crippen LogP contribution in [0.4, 0.5) is 0 Å². The van der Waals surface area contributed by atoms with Gasteiger partial charge in [0.1, 0.15) is 5.75 Å². The Kier molecular flexibility index (Phi) is 10.1. The highest BCUT2D eigenvalue weighted by atomic mass is 16.5. The van der Waals surface area contributed by atoms with Gasteiger partial charge in [0, 0.05) is 0 Å². The van der Waals surface area contributed by atoms with Gasteiger partial charge in [0.05, 0.1) is 6.61 Å². The quantitative estimate of drug-likeness (QED) is 0.249. The van der Waals surface area contributed by atoms with Crippen LogP contribution < -0.4 is 4.74 Å². The zero-order valence-corrected chi connectivity index (χ0v) is 24.9. The molecule has 0 bridgehead atoms. The van der Waals surface area contributed by atoms with Crippen molar-refractivity contribution in [2.24, 2.45) is 11.8 Å². The molecular weight excluding hydrogens is 460 g/mol. The van der Waals surface area contributed by atoms with Gasteiger partial charge in [0.2, 0.25) is 0 Å². The fourth-order valence-corrected chi connectivity index (χ4v) is 6.41. The Bertz CT molecular complexity index is 1140. The normalized spacial score (nSPS) is 17.7. The summed E-state index contributed by atoms with van der Waals surface area (Å²) >= 11 is 0. The van der Waals surface area contributed by atoms with E-state index < -0.39 is 0 Å². The summed E-state index contributed by atoms with van der Waals surface area (Å²) in [6, 6.07) is 21.1. The van der Waals surface area contributed by atoms with Crippen LogP contribution in [0, 0.1) is 11.8 Å². The minimum Gasteiger partial charge on any atom is -0.493 e. The van der Waals surface area contributed by atoms with E-state index >= 15 is 0 Å². The summed E-state index contributed by atoms with van der Waals surface area (Å²) in [6.45, 7) is 14.6. The summed E-state index contributed by atoms with van der Waals surface area (Å²) in [7, 11) is 0. The standard InChI is InChI=1S/C37H50O/c1-7-27(8-2)25-38-37-28(9-3)24-36(34(10-4)35(37)11-5)33-22-20-32(21-23-33)31-18-16-30(17-19-31)29-14-12-26(6)13-15-29/h16-24,26-27,29H,7-15,25H2,1-6H3. The van der Waals surface area contributed by atoms with Crippen LogP contribution >= 0.6 is 0 Å². The Morgan fingerprint density at radius 3 is 1.76 bits per heavy atom. The van der Waals surface area contributed by atoms with Crippen molar-refractivity contribution in [2.45, 2.75) is 105 Å². The summed E-state index contributed by atoms with van der Waals surface area (Å²) in [6.07, 6.45) is 10.8. The average Bonchev–Trinajstić information content (AvgIpc) is 2.97. The number of ether oxygens (including phenoxy) is 1. The van der Waals surface area contributed by atoms with Crippen molar-refractivity contribution >= 4 is 0 Å². The number of hydrogen-bond donors (Lipinski definition) is 0. The van der Waals surface area contributed by atoms with Crippen molar-refractivity contribution in [3.8, 4) is 28.0 Å². The van der Waals surface area contributed by atoms with Crippen molar-refractivity contribution in [1.82, 2.24) is 0 Å². The minimum absolute atomic E-state index is 0.627. The van der Waals surface area contributed by atoms with E-state index in [1.807, 2.05) is 0 Å². The SMILES string of the molecule is CCc1cc(-c2ccc(-c3ccc(C4CCC(C)CC4)cc3)cc2)c(CC)c(CC)c1OCC(CC)CC. The zero-order chi connectivity index (χ0) is 27.1. The van der Waals surface area contributed by atoms with Gasteiger partial charge >= 0.3 is 0 Å². The third kappa shape index (κ3) is 6.36. The first-order valence-electron chi connectivity index (χ1n) is 15.5. The summed E-state index contributed by atoms with van der Waals surface area (Å²) in [4.78, 5) is 0. The third-order valence-corrected chi connectivity index (χ3v) is 9.21. The molecule has 0 heterocycles. The van der Waals surface area contributed by atoms with Gasteiger partial charge in [-0.25, -0.2) is 0 Å². The Balaban J connectivity index is 1.59. The second-order valence-electron chi connectivity index (χ2n) is 11.6. The van der Waals surface area contributed by atoms with Gasteiger partial charge in [-0.05, 0) is 100 Å². The largest absolute Gasteiger partial charge is 0.493 e. The molecule has 38 heavy (non-hydrogen) atoms. The first-order chi connectivity index (χ1) is 18.5. The van der Waals surface area contributed by atoms with E-state index in [0.29, 0.717) is 5.92 Å². The van der Waals surface area contributed by atoms with Crippen molar-refractivity contribution in [1.29, 1.82) is 0 Å². The Morgan fingerprint density at radius 1 is 0.684 bits per heavy atom. The molecule has 4 rings (SSSR count). The molecule has 3 aromatic rings. The molecule has 1 fully saturated rings. The lowest BCUT2D eigenvalue weighted by atomic mass is 9.79. The molecule has 1 aliphatic rings. The van der Waals surface area contributed by atoms with Crippen LogP contribution in [0.1, 0.15) is 108 Å². The predicted molar refractivity (Wildman–Crippen MR) is 165 cm³/mol. The number of aryl methyl sites for hydroxylation is 1. The Hall–Kier alpha value is -2.54. The number of hydrogen-bond acceptors (Lipinski definition) is 1. The minimum atomic E-state index is 0.627. The van der Waals surface area contributed by atoms with Crippen LogP contribution in [0.25, 0.3) is 22.3 Å². The third-order valence-electron chi connectivity index (χ3n) is 9.21. The van der Waals surface area contributed by atoms with Gasteiger partial charge < -0.3 is 4.74 Å². The van der Waals surface area contributed by atoms with Gasteiger partial charge in [-0.2, -0.15) is 0 Å². The maximum atomic E-state index is 6.56.